The van der Waals surface area contributed by atoms with Crippen LogP contribution < -0.4 is 16.6 Å². The van der Waals surface area contributed by atoms with Crippen LogP contribution in [0.25, 0.3) is 11.4 Å². The normalized spacial score (nSPS) is 10.4. The van der Waals surface area contributed by atoms with Gasteiger partial charge in [0.2, 0.25) is 0 Å². The Labute approximate surface area is 126 Å². The van der Waals surface area contributed by atoms with Gasteiger partial charge in [-0.1, -0.05) is 11.6 Å². The van der Waals surface area contributed by atoms with Gasteiger partial charge in [0.25, 0.3) is 11.5 Å². The molecule has 0 saturated heterocycles. The molecule has 2 rings (SSSR count). The molecule has 0 bridgehead atoms. The van der Waals surface area contributed by atoms with Gasteiger partial charge in [-0.25, -0.2) is 4.98 Å². The second-order valence-corrected chi connectivity index (χ2v) is 4.82. The number of nitrogens with one attached hydrogen (secondary N) is 2. The van der Waals surface area contributed by atoms with E-state index < -0.39 is 11.5 Å². The molecule has 0 atom stereocenters. The average Bonchev–Trinajstić information content (AvgIpc) is 2.48. The highest BCUT2D eigenvalue weighted by Gasteiger charge is 2.11. The van der Waals surface area contributed by atoms with Gasteiger partial charge in [-0.2, -0.15) is 0 Å². The first kappa shape index (κ1) is 15.2. The van der Waals surface area contributed by atoms with E-state index in [0.29, 0.717) is 35.9 Å². The molecule has 1 aromatic heterocycles. The van der Waals surface area contributed by atoms with E-state index in [4.69, 9.17) is 17.3 Å². The summed E-state index contributed by atoms with van der Waals surface area (Å²) in [4.78, 5) is 30.4. The van der Waals surface area contributed by atoms with E-state index in [0.717, 1.165) is 0 Å². The number of hydrogen-bond donors (Lipinski definition) is 3. The minimum Gasteiger partial charge on any atom is -0.352 e. The summed E-state index contributed by atoms with van der Waals surface area (Å²) in [6, 6.07) is 6.87. The molecule has 2 aromatic rings. The lowest BCUT2D eigenvalue weighted by atomic mass is 10.2. The Balaban J connectivity index is 2.19. The zero-order chi connectivity index (χ0) is 15.2. The third-order valence-electron chi connectivity index (χ3n) is 2.83. The SMILES string of the molecule is NCCCNC(=O)c1cnc(-c2ccc(Cl)cc2)[nH]c1=O. The zero-order valence-corrected chi connectivity index (χ0v) is 12.0. The number of amides is 1. The van der Waals surface area contributed by atoms with Gasteiger partial charge >= 0.3 is 0 Å². The number of nitrogens with zero attached hydrogens (tertiary/aromatic N) is 1. The molecule has 6 nitrogen and oxygen atoms in total. The standard InChI is InChI=1S/C14H15ClN4O2/c15-10-4-2-9(3-5-10)12-18-8-11(14(21)19-12)13(20)17-7-1-6-16/h2-5,8H,1,6-7,16H2,(H,17,20)(H,18,19,21). The predicted octanol–water partition coefficient (Wildman–Crippen LogP) is 1.17. The van der Waals surface area contributed by atoms with Crippen LogP contribution in [0.3, 0.4) is 0 Å². The number of aromatic amines is 1. The Kier molecular flexibility index (Phi) is 5.08. The number of carbonyl (C=O) groups excluding carboxylic acids is 1. The monoisotopic (exact) mass is 306 g/mol. The summed E-state index contributed by atoms with van der Waals surface area (Å²) >= 11 is 5.80. The van der Waals surface area contributed by atoms with E-state index in [9.17, 15) is 9.59 Å². The fourth-order valence-electron chi connectivity index (χ4n) is 1.71. The Morgan fingerprint density at radius 3 is 2.67 bits per heavy atom. The number of benzene rings is 1. The van der Waals surface area contributed by atoms with Crippen molar-refractivity contribution < 1.29 is 4.79 Å². The minimum absolute atomic E-state index is 0.0234. The fourth-order valence-corrected chi connectivity index (χ4v) is 1.84. The summed E-state index contributed by atoms with van der Waals surface area (Å²) < 4.78 is 0. The van der Waals surface area contributed by atoms with E-state index in [1.165, 1.54) is 6.20 Å². The number of nitrogens with two attached hydrogens (primary N) is 1. The van der Waals surface area contributed by atoms with Crippen molar-refractivity contribution in [1.29, 1.82) is 0 Å². The van der Waals surface area contributed by atoms with Gasteiger partial charge in [0.1, 0.15) is 11.4 Å². The van der Waals surface area contributed by atoms with Gasteiger partial charge in [-0.15, -0.1) is 0 Å². The van der Waals surface area contributed by atoms with E-state index >= 15 is 0 Å². The van der Waals surface area contributed by atoms with Gasteiger partial charge in [0.05, 0.1) is 0 Å². The summed E-state index contributed by atoms with van der Waals surface area (Å²) in [5.41, 5.74) is 5.54. The molecule has 0 radical (unpaired) electrons. The first-order valence-corrected chi connectivity index (χ1v) is 6.83. The number of hydrogen-bond acceptors (Lipinski definition) is 4. The third kappa shape index (κ3) is 3.90. The van der Waals surface area contributed by atoms with Crippen LogP contribution in [-0.4, -0.2) is 29.0 Å². The van der Waals surface area contributed by atoms with Crippen molar-refractivity contribution in [2.75, 3.05) is 13.1 Å². The Bertz CT molecular complexity index is 682. The Morgan fingerprint density at radius 2 is 2.05 bits per heavy atom. The molecule has 0 fully saturated rings. The van der Waals surface area contributed by atoms with Gasteiger partial charge in [0.15, 0.2) is 0 Å². The van der Waals surface area contributed by atoms with Crippen molar-refractivity contribution in [2.45, 2.75) is 6.42 Å². The van der Waals surface area contributed by atoms with Crippen LogP contribution in [0.4, 0.5) is 0 Å². The lowest BCUT2D eigenvalue weighted by molar-refractivity contribution is 0.0951. The van der Waals surface area contributed by atoms with Crippen LogP contribution >= 0.6 is 11.6 Å². The van der Waals surface area contributed by atoms with Crippen LogP contribution in [0.5, 0.6) is 0 Å². The van der Waals surface area contributed by atoms with Gasteiger partial charge in [0, 0.05) is 23.3 Å². The Morgan fingerprint density at radius 1 is 1.33 bits per heavy atom. The number of aromatic nitrogens is 2. The highest BCUT2D eigenvalue weighted by atomic mass is 35.5. The molecule has 4 N–H and O–H groups in total. The van der Waals surface area contributed by atoms with Crippen LogP contribution in [0.2, 0.25) is 5.02 Å². The van der Waals surface area contributed by atoms with Crippen molar-refractivity contribution in [2.24, 2.45) is 5.73 Å². The first-order chi connectivity index (χ1) is 10.1. The summed E-state index contributed by atoms with van der Waals surface area (Å²) in [5.74, 6) is -0.0740. The average molecular weight is 307 g/mol. The molecule has 0 spiro atoms. The van der Waals surface area contributed by atoms with Gasteiger partial charge in [-0.3, -0.25) is 9.59 Å². The molecule has 1 heterocycles. The smallest absolute Gasteiger partial charge is 0.264 e. The van der Waals surface area contributed by atoms with Crippen LogP contribution in [0.15, 0.2) is 35.3 Å². The third-order valence-corrected chi connectivity index (χ3v) is 3.08. The van der Waals surface area contributed by atoms with Crippen molar-refractivity contribution >= 4 is 17.5 Å². The molecule has 0 unspecified atom stereocenters. The highest BCUT2D eigenvalue weighted by molar-refractivity contribution is 6.30. The maximum Gasteiger partial charge on any atom is 0.264 e. The molecule has 0 aliphatic carbocycles. The maximum atomic E-state index is 11.9. The lowest BCUT2D eigenvalue weighted by Gasteiger charge is -2.05. The topological polar surface area (TPSA) is 101 Å². The van der Waals surface area contributed by atoms with Crippen molar-refractivity contribution in [3.8, 4) is 11.4 Å². The fraction of sp³-hybridized carbons (Fsp3) is 0.214. The van der Waals surface area contributed by atoms with Crippen LogP contribution in [0, 0.1) is 0 Å². The molecule has 1 aromatic carbocycles. The second kappa shape index (κ2) is 7.01. The number of halogens is 1. The molecular weight excluding hydrogens is 292 g/mol. The van der Waals surface area contributed by atoms with E-state index in [1.54, 1.807) is 24.3 Å². The first-order valence-electron chi connectivity index (χ1n) is 6.45. The molecule has 0 aliphatic rings. The van der Waals surface area contributed by atoms with E-state index in [1.807, 2.05) is 0 Å². The Hall–Kier alpha value is -2.18. The number of rotatable bonds is 5. The molecule has 1 amide bonds. The van der Waals surface area contributed by atoms with Crippen LogP contribution in [0.1, 0.15) is 16.8 Å². The maximum absolute atomic E-state index is 11.9. The quantitative estimate of drug-likeness (QED) is 0.722. The number of H-pyrrole nitrogens is 1. The van der Waals surface area contributed by atoms with Crippen LogP contribution in [-0.2, 0) is 0 Å². The van der Waals surface area contributed by atoms with Gasteiger partial charge < -0.3 is 16.0 Å². The molecule has 7 heteroatoms. The van der Waals surface area contributed by atoms with E-state index in [-0.39, 0.29) is 5.56 Å². The highest BCUT2D eigenvalue weighted by Crippen LogP contribution is 2.16. The van der Waals surface area contributed by atoms with Gasteiger partial charge in [-0.05, 0) is 37.2 Å². The molecule has 0 aliphatic heterocycles. The summed E-state index contributed by atoms with van der Waals surface area (Å²) in [5, 5.41) is 3.21. The molecule has 21 heavy (non-hydrogen) atoms. The largest absolute Gasteiger partial charge is 0.352 e. The van der Waals surface area contributed by atoms with E-state index in [2.05, 4.69) is 15.3 Å². The number of carbonyl (C=O) groups is 1. The lowest BCUT2D eigenvalue weighted by Crippen LogP contribution is -2.31. The van der Waals surface area contributed by atoms with Crippen molar-refractivity contribution in [1.82, 2.24) is 15.3 Å². The molecule has 110 valence electrons. The molecular formula is C14H15ClN4O2. The van der Waals surface area contributed by atoms with Crippen molar-refractivity contribution in [3.63, 3.8) is 0 Å². The summed E-state index contributed by atoms with van der Waals surface area (Å²) in [6.07, 6.45) is 1.92. The zero-order valence-electron chi connectivity index (χ0n) is 11.2. The summed E-state index contributed by atoms with van der Waals surface area (Å²) in [7, 11) is 0. The minimum atomic E-state index is -0.486. The molecule has 0 saturated carbocycles. The van der Waals surface area contributed by atoms with Crippen molar-refractivity contribution in [3.05, 3.63) is 51.4 Å². The second-order valence-electron chi connectivity index (χ2n) is 4.38. The summed E-state index contributed by atoms with van der Waals surface area (Å²) in [6.45, 7) is 0.901. The predicted molar refractivity (Wildman–Crippen MR) is 81.3 cm³/mol.